The van der Waals surface area contributed by atoms with Gasteiger partial charge in [0, 0.05) is 23.7 Å². The maximum Gasteiger partial charge on any atom is 0.155 e. The number of fused-ring (bicyclic) bond motifs is 4. The van der Waals surface area contributed by atoms with Crippen LogP contribution in [-0.4, -0.2) is 6.54 Å². The molecule has 3 nitrogen and oxygen atoms in total. The second kappa shape index (κ2) is 5.13. The highest BCUT2D eigenvalue weighted by atomic mass is 16.5. The molecule has 3 aromatic carbocycles. The number of rotatable bonds is 2. The summed E-state index contributed by atoms with van der Waals surface area (Å²) in [5.74, 6) is 1.56. The quantitative estimate of drug-likeness (QED) is 0.606. The van der Waals surface area contributed by atoms with Crippen molar-refractivity contribution >= 4 is 28.7 Å². The van der Waals surface area contributed by atoms with Crippen LogP contribution in [0.4, 0.5) is 11.4 Å². The van der Waals surface area contributed by atoms with Gasteiger partial charge in [-0.15, -0.1) is 0 Å². The Morgan fingerprint density at radius 2 is 1.87 bits per heavy atom. The van der Waals surface area contributed by atoms with Gasteiger partial charge >= 0.3 is 0 Å². The molecule has 1 heterocycles. The van der Waals surface area contributed by atoms with Crippen LogP contribution in [0, 0.1) is 6.92 Å². The number of nitrogens with one attached hydrogen (secondary N) is 1. The summed E-state index contributed by atoms with van der Waals surface area (Å²) in [6.07, 6.45) is 0. The molecule has 0 bridgehead atoms. The first-order valence-corrected chi connectivity index (χ1v) is 7.83. The van der Waals surface area contributed by atoms with Gasteiger partial charge in [-0.2, -0.15) is 0 Å². The molecule has 0 fully saturated rings. The van der Waals surface area contributed by atoms with Gasteiger partial charge < -0.3 is 10.1 Å². The molecule has 0 amide bonds. The average Bonchev–Trinajstić information content (AvgIpc) is 2.55. The standard InChI is InChI=1S/C20H18N2O/c1-4-21-16-11-18-17(9-13(16)3)22-20-15-8-6-5-7-14(15)12(2)10-19(20)23-18/h5-11,21H,2,4H2,1,3H3. The van der Waals surface area contributed by atoms with Crippen molar-refractivity contribution in [1.29, 1.82) is 0 Å². The summed E-state index contributed by atoms with van der Waals surface area (Å²) in [7, 11) is 0. The zero-order valence-corrected chi connectivity index (χ0v) is 13.3. The molecule has 23 heavy (non-hydrogen) atoms. The van der Waals surface area contributed by atoms with Gasteiger partial charge in [-0.25, -0.2) is 4.99 Å². The van der Waals surface area contributed by atoms with Crippen molar-refractivity contribution in [2.24, 2.45) is 4.99 Å². The zero-order valence-electron chi connectivity index (χ0n) is 13.3. The van der Waals surface area contributed by atoms with Crippen LogP contribution in [0.1, 0.15) is 12.5 Å². The van der Waals surface area contributed by atoms with Gasteiger partial charge in [0.2, 0.25) is 0 Å². The van der Waals surface area contributed by atoms with Crippen LogP contribution in [-0.2, 0) is 0 Å². The highest BCUT2D eigenvalue weighted by Crippen LogP contribution is 2.38. The molecule has 0 atom stereocenters. The highest BCUT2D eigenvalue weighted by molar-refractivity contribution is 5.85. The molecule has 1 aliphatic heterocycles. The van der Waals surface area contributed by atoms with Crippen molar-refractivity contribution in [3.05, 3.63) is 58.6 Å². The third kappa shape index (κ3) is 2.16. The number of benzene rings is 3. The number of aryl methyl sites for hydroxylation is 1. The fourth-order valence-corrected chi connectivity index (χ4v) is 3.06. The fraction of sp³-hybridized carbons (Fsp3) is 0.150. The molecular formula is C20H18N2O. The average molecular weight is 302 g/mol. The molecule has 3 aromatic rings. The number of nitrogens with zero attached hydrogens (tertiary/aromatic N) is 1. The van der Waals surface area contributed by atoms with Crippen molar-refractivity contribution < 1.29 is 4.74 Å². The lowest BCUT2D eigenvalue weighted by Crippen LogP contribution is -2.16. The highest BCUT2D eigenvalue weighted by Gasteiger charge is 2.16. The summed E-state index contributed by atoms with van der Waals surface area (Å²) in [6, 6.07) is 14.3. The van der Waals surface area contributed by atoms with E-state index in [9.17, 15) is 0 Å². The predicted molar refractivity (Wildman–Crippen MR) is 95.3 cm³/mol. The van der Waals surface area contributed by atoms with Crippen LogP contribution in [0.25, 0.3) is 17.4 Å². The molecule has 0 aliphatic carbocycles. The largest absolute Gasteiger partial charge is 0.453 e. The number of ether oxygens (including phenoxy) is 1. The van der Waals surface area contributed by atoms with Gasteiger partial charge in [-0.3, -0.25) is 0 Å². The van der Waals surface area contributed by atoms with Gasteiger partial charge in [0.1, 0.15) is 11.0 Å². The van der Waals surface area contributed by atoms with E-state index in [2.05, 4.69) is 43.9 Å². The SMILES string of the molecule is C=c1cc2c(c3ccccc13)=Nc1cc(C)c(NCC)cc1O2. The van der Waals surface area contributed by atoms with Crippen molar-refractivity contribution in [1.82, 2.24) is 0 Å². The van der Waals surface area contributed by atoms with Crippen molar-refractivity contribution in [3.8, 4) is 11.5 Å². The molecule has 0 saturated heterocycles. The van der Waals surface area contributed by atoms with E-state index in [1.54, 1.807) is 0 Å². The Morgan fingerprint density at radius 1 is 1.09 bits per heavy atom. The summed E-state index contributed by atoms with van der Waals surface area (Å²) in [5.41, 5.74) is 3.12. The van der Waals surface area contributed by atoms with E-state index in [4.69, 9.17) is 9.73 Å². The van der Waals surface area contributed by atoms with E-state index in [0.717, 1.165) is 50.8 Å². The molecule has 114 valence electrons. The summed E-state index contributed by atoms with van der Waals surface area (Å²) in [6.45, 7) is 9.18. The molecule has 4 rings (SSSR count). The van der Waals surface area contributed by atoms with Crippen LogP contribution in [0.15, 0.2) is 47.5 Å². The molecule has 0 aromatic heterocycles. The van der Waals surface area contributed by atoms with Crippen molar-refractivity contribution in [2.75, 3.05) is 11.9 Å². The molecule has 0 spiro atoms. The van der Waals surface area contributed by atoms with Crippen molar-refractivity contribution in [2.45, 2.75) is 13.8 Å². The van der Waals surface area contributed by atoms with Crippen LogP contribution in [0.2, 0.25) is 0 Å². The van der Waals surface area contributed by atoms with Gasteiger partial charge in [0.15, 0.2) is 11.5 Å². The normalized spacial score (nSPS) is 12.1. The Morgan fingerprint density at radius 3 is 2.65 bits per heavy atom. The Balaban J connectivity index is 2.02. The lowest BCUT2D eigenvalue weighted by molar-refractivity contribution is 0.471. The topological polar surface area (TPSA) is 33.6 Å². The van der Waals surface area contributed by atoms with E-state index in [-0.39, 0.29) is 0 Å². The third-order valence-electron chi connectivity index (χ3n) is 4.19. The molecule has 0 saturated carbocycles. The molecule has 0 radical (unpaired) electrons. The van der Waals surface area contributed by atoms with Gasteiger partial charge in [0.25, 0.3) is 0 Å². The van der Waals surface area contributed by atoms with E-state index in [0.29, 0.717) is 0 Å². The molecule has 0 unspecified atom stereocenters. The predicted octanol–water partition coefficient (Wildman–Crippen LogP) is 4.05. The first kappa shape index (κ1) is 13.8. The minimum absolute atomic E-state index is 0.771. The maximum absolute atomic E-state index is 6.13. The summed E-state index contributed by atoms with van der Waals surface area (Å²) < 4.78 is 6.13. The Hall–Kier alpha value is -2.81. The second-order valence-corrected chi connectivity index (χ2v) is 5.81. The summed E-state index contributed by atoms with van der Waals surface area (Å²) in [5, 5.41) is 7.39. The zero-order chi connectivity index (χ0) is 16.0. The van der Waals surface area contributed by atoms with E-state index < -0.39 is 0 Å². The number of hydrogen-bond acceptors (Lipinski definition) is 3. The third-order valence-corrected chi connectivity index (χ3v) is 4.19. The first-order chi connectivity index (χ1) is 11.2. The Kier molecular flexibility index (Phi) is 3.08. The monoisotopic (exact) mass is 302 g/mol. The fourth-order valence-electron chi connectivity index (χ4n) is 3.06. The summed E-state index contributed by atoms with van der Waals surface area (Å²) >= 11 is 0. The van der Waals surface area contributed by atoms with E-state index >= 15 is 0 Å². The van der Waals surface area contributed by atoms with Gasteiger partial charge in [-0.1, -0.05) is 30.8 Å². The summed E-state index contributed by atoms with van der Waals surface area (Å²) in [4.78, 5) is 4.86. The molecule has 3 heteroatoms. The molecule has 1 N–H and O–H groups in total. The van der Waals surface area contributed by atoms with Crippen LogP contribution in [0.5, 0.6) is 11.5 Å². The number of hydrogen-bond donors (Lipinski definition) is 1. The smallest absolute Gasteiger partial charge is 0.155 e. The number of anilines is 1. The lowest BCUT2D eigenvalue weighted by atomic mass is 10.1. The van der Waals surface area contributed by atoms with Crippen LogP contribution >= 0.6 is 0 Å². The minimum Gasteiger partial charge on any atom is -0.453 e. The Labute approximate surface area is 134 Å². The second-order valence-electron chi connectivity index (χ2n) is 5.81. The minimum atomic E-state index is 0.771. The van der Waals surface area contributed by atoms with Crippen LogP contribution < -0.4 is 20.6 Å². The van der Waals surface area contributed by atoms with Crippen molar-refractivity contribution in [3.63, 3.8) is 0 Å². The lowest BCUT2D eigenvalue weighted by Gasteiger charge is -2.18. The molecular weight excluding hydrogens is 284 g/mol. The van der Waals surface area contributed by atoms with Gasteiger partial charge in [0.05, 0.1) is 0 Å². The first-order valence-electron chi connectivity index (χ1n) is 7.83. The van der Waals surface area contributed by atoms with Gasteiger partial charge in [-0.05, 0) is 42.1 Å². The van der Waals surface area contributed by atoms with E-state index in [1.165, 1.54) is 5.56 Å². The Bertz CT molecular complexity index is 1040. The van der Waals surface area contributed by atoms with Crippen LogP contribution in [0.3, 0.4) is 0 Å². The molecule has 1 aliphatic rings. The van der Waals surface area contributed by atoms with E-state index in [1.807, 2.05) is 24.3 Å². The maximum atomic E-state index is 6.13.